The second-order valence-electron chi connectivity index (χ2n) is 5.14. The first kappa shape index (κ1) is 16.9. The van der Waals surface area contributed by atoms with Crippen LogP contribution < -0.4 is 5.32 Å². The van der Waals surface area contributed by atoms with Gasteiger partial charge in [0.1, 0.15) is 0 Å². The van der Waals surface area contributed by atoms with Gasteiger partial charge in [0.25, 0.3) is 5.69 Å². The van der Waals surface area contributed by atoms with Crippen molar-refractivity contribution in [2.24, 2.45) is 0 Å². The van der Waals surface area contributed by atoms with Gasteiger partial charge in [-0.15, -0.1) is 0 Å². The molecule has 0 fully saturated rings. The molecule has 2 N–H and O–H groups in total. The smallest absolute Gasteiger partial charge is 0.317 e. The van der Waals surface area contributed by atoms with Gasteiger partial charge in [-0.25, -0.2) is 4.79 Å². The fraction of sp³-hybridized carbons (Fsp3) is 0.500. The number of carbonyl (C=O) groups is 1. The first-order valence-corrected chi connectivity index (χ1v) is 6.77. The molecule has 7 nitrogen and oxygen atoms in total. The number of urea groups is 1. The third-order valence-electron chi connectivity index (χ3n) is 2.96. The molecule has 0 aliphatic rings. The Balaban J connectivity index is 2.73. The Morgan fingerprint density at radius 1 is 1.38 bits per heavy atom. The molecule has 1 atom stereocenters. The number of para-hydroxylation sites is 1. The number of nitrogens with one attached hydrogen (secondary N) is 1. The molecule has 0 spiro atoms. The van der Waals surface area contributed by atoms with Crippen LogP contribution >= 0.6 is 0 Å². The predicted molar refractivity (Wildman–Crippen MR) is 78.9 cm³/mol. The molecule has 21 heavy (non-hydrogen) atoms. The molecule has 0 aliphatic carbocycles. The standard InChI is InChI=1S/C14H21N3O4/c1-10(2)16(9-11(3)18)14(19)15-8-12-6-4-5-7-13(12)17(20)21/h4-7,10-11,18H,8-9H2,1-3H3,(H,15,19). The van der Waals surface area contributed by atoms with E-state index in [0.717, 1.165) is 0 Å². The van der Waals surface area contributed by atoms with E-state index in [0.29, 0.717) is 5.56 Å². The molecular weight excluding hydrogens is 274 g/mol. The maximum Gasteiger partial charge on any atom is 0.317 e. The van der Waals surface area contributed by atoms with Gasteiger partial charge >= 0.3 is 6.03 Å². The lowest BCUT2D eigenvalue weighted by Crippen LogP contribution is -2.46. The molecule has 116 valence electrons. The van der Waals surface area contributed by atoms with Crippen molar-refractivity contribution in [2.45, 2.75) is 39.5 Å². The molecule has 0 aromatic heterocycles. The predicted octanol–water partition coefficient (Wildman–Crippen LogP) is 1.90. The van der Waals surface area contributed by atoms with E-state index in [-0.39, 0.29) is 30.8 Å². The van der Waals surface area contributed by atoms with Crippen molar-refractivity contribution in [3.63, 3.8) is 0 Å². The summed E-state index contributed by atoms with van der Waals surface area (Å²) in [6.45, 7) is 5.56. The molecule has 0 saturated heterocycles. The van der Waals surface area contributed by atoms with Gasteiger partial charge in [0.15, 0.2) is 0 Å². The van der Waals surface area contributed by atoms with E-state index in [4.69, 9.17) is 0 Å². The lowest BCUT2D eigenvalue weighted by molar-refractivity contribution is -0.385. The van der Waals surface area contributed by atoms with Crippen LogP contribution in [0.3, 0.4) is 0 Å². The Morgan fingerprint density at radius 3 is 2.52 bits per heavy atom. The van der Waals surface area contributed by atoms with Crippen molar-refractivity contribution in [2.75, 3.05) is 6.54 Å². The van der Waals surface area contributed by atoms with Crippen LogP contribution in [0.5, 0.6) is 0 Å². The van der Waals surface area contributed by atoms with E-state index in [2.05, 4.69) is 5.32 Å². The molecule has 0 radical (unpaired) electrons. The monoisotopic (exact) mass is 295 g/mol. The fourth-order valence-electron chi connectivity index (χ4n) is 1.92. The summed E-state index contributed by atoms with van der Waals surface area (Å²) in [5.41, 5.74) is 0.418. The molecule has 0 aliphatic heterocycles. The molecular formula is C14H21N3O4. The van der Waals surface area contributed by atoms with Crippen molar-refractivity contribution < 1.29 is 14.8 Å². The second-order valence-corrected chi connectivity index (χ2v) is 5.14. The Hall–Kier alpha value is -2.15. The van der Waals surface area contributed by atoms with Gasteiger partial charge in [-0.1, -0.05) is 18.2 Å². The maximum atomic E-state index is 12.1. The Bertz CT molecular complexity index is 503. The summed E-state index contributed by atoms with van der Waals surface area (Å²) in [5.74, 6) is 0. The molecule has 1 rings (SSSR count). The van der Waals surface area contributed by atoms with Crippen molar-refractivity contribution in [3.05, 3.63) is 39.9 Å². The number of nitro benzene ring substituents is 1. The summed E-state index contributed by atoms with van der Waals surface area (Å²) >= 11 is 0. The van der Waals surface area contributed by atoms with Crippen LogP contribution in [0.1, 0.15) is 26.3 Å². The Morgan fingerprint density at radius 2 is 2.00 bits per heavy atom. The third-order valence-corrected chi connectivity index (χ3v) is 2.96. The van der Waals surface area contributed by atoms with E-state index in [9.17, 15) is 20.0 Å². The third kappa shape index (κ3) is 5.03. The SMILES string of the molecule is CC(O)CN(C(=O)NCc1ccccc1[N+](=O)[O-])C(C)C. The molecule has 1 aromatic rings. The van der Waals surface area contributed by atoms with Gasteiger partial charge in [0, 0.05) is 24.2 Å². The molecule has 0 heterocycles. The van der Waals surface area contributed by atoms with Crippen LogP contribution in [-0.2, 0) is 6.54 Å². The van der Waals surface area contributed by atoms with Crippen LogP contribution in [0.25, 0.3) is 0 Å². The fourth-order valence-corrected chi connectivity index (χ4v) is 1.92. The van der Waals surface area contributed by atoms with Crippen molar-refractivity contribution in [1.82, 2.24) is 10.2 Å². The number of nitrogens with zero attached hydrogens (tertiary/aromatic N) is 2. The minimum absolute atomic E-state index is 0.0237. The summed E-state index contributed by atoms with van der Waals surface area (Å²) in [6.07, 6.45) is -0.635. The topological polar surface area (TPSA) is 95.7 Å². The summed E-state index contributed by atoms with van der Waals surface area (Å²) in [5, 5.41) is 23.0. The van der Waals surface area contributed by atoms with Gasteiger partial charge in [0.05, 0.1) is 17.6 Å². The number of hydrogen-bond acceptors (Lipinski definition) is 4. The van der Waals surface area contributed by atoms with Crippen LogP contribution in [0.4, 0.5) is 10.5 Å². The first-order valence-electron chi connectivity index (χ1n) is 6.77. The Labute approximate surface area is 123 Å². The van der Waals surface area contributed by atoms with Crippen LogP contribution in [0.2, 0.25) is 0 Å². The molecule has 0 saturated carbocycles. The van der Waals surface area contributed by atoms with E-state index >= 15 is 0 Å². The largest absolute Gasteiger partial charge is 0.392 e. The number of rotatable bonds is 6. The van der Waals surface area contributed by atoms with Crippen LogP contribution in [0.15, 0.2) is 24.3 Å². The lowest BCUT2D eigenvalue weighted by Gasteiger charge is -2.28. The lowest BCUT2D eigenvalue weighted by atomic mass is 10.2. The van der Waals surface area contributed by atoms with Gasteiger partial charge in [-0.2, -0.15) is 0 Å². The highest BCUT2D eigenvalue weighted by Crippen LogP contribution is 2.17. The van der Waals surface area contributed by atoms with Gasteiger partial charge in [-0.05, 0) is 20.8 Å². The van der Waals surface area contributed by atoms with Crippen molar-refractivity contribution in [1.29, 1.82) is 0 Å². The number of aliphatic hydroxyl groups excluding tert-OH is 1. The minimum atomic E-state index is -0.635. The number of hydrogen-bond donors (Lipinski definition) is 2. The van der Waals surface area contributed by atoms with Gasteiger partial charge < -0.3 is 15.3 Å². The van der Waals surface area contributed by atoms with Gasteiger partial charge in [-0.3, -0.25) is 10.1 Å². The zero-order valence-electron chi connectivity index (χ0n) is 12.4. The Kier molecular flexibility index (Phi) is 6.10. The first-order chi connectivity index (χ1) is 9.82. The highest BCUT2D eigenvalue weighted by atomic mass is 16.6. The average Bonchev–Trinajstić information content (AvgIpc) is 2.41. The molecule has 0 bridgehead atoms. The molecule has 1 aromatic carbocycles. The van der Waals surface area contributed by atoms with E-state index in [1.165, 1.54) is 11.0 Å². The quantitative estimate of drug-likeness (QED) is 0.619. The summed E-state index contributed by atoms with van der Waals surface area (Å²) in [4.78, 5) is 24.0. The summed E-state index contributed by atoms with van der Waals surface area (Å²) < 4.78 is 0. The number of nitro groups is 1. The van der Waals surface area contributed by atoms with Crippen molar-refractivity contribution >= 4 is 11.7 Å². The minimum Gasteiger partial charge on any atom is -0.392 e. The molecule has 2 amide bonds. The highest BCUT2D eigenvalue weighted by Gasteiger charge is 2.19. The molecule has 7 heteroatoms. The summed E-state index contributed by atoms with van der Waals surface area (Å²) in [6, 6.07) is 5.83. The number of benzene rings is 1. The molecule has 1 unspecified atom stereocenters. The van der Waals surface area contributed by atoms with Crippen LogP contribution in [0, 0.1) is 10.1 Å². The zero-order chi connectivity index (χ0) is 16.0. The van der Waals surface area contributed by atoms with Gasteiger partial charge in [0.2, 0.25) is 0 Å². The second kappa shape index (κ2) is 7.58. The highest BCUT2D eigenvalue weighted by molar-refractivity contribution is 5.74. The van der Waals surface area contributed by atoms with Crippen LogP contribution in [-0.4, -0.2) is 39.7 Å². The normalized spacial score (nSPS) is 12.0. The van der Waals surface area contributed by atoms with Crippen molar-refractivity contribution in [3.8, 4) is 0 Å². The number of aliphatic hydroxyl groups is 1. The average molecular weight is 295 g/mol. The number of carbonyl (C=O) groups excluding carboxylic acids is 1. The summed E-state index contributed by atoms with van der Waals surface area (Å²) in [7, 11) is 0. The van der Waals surface area contributed by atoms with E-state index in [1.54, 1.807) is 25.1 Å². The maximum absolute atomic E-state index is 12.1. The van der Waals surface area contributed by atoms with E-state index in [1.807, 2.05) is 13.8 Å². The van der Waals surface area contributed by atoms with E-state index < -0.39 is 11.0 Å². The number of amides is 2. The zero-order valence-corrected chi connectivity index (χ0v) is 12.4.